The third kappa shape index (κ3) is 1.53. The van der Waals surface area contributed by atoms with Crippen LogP contribution in [0, 0.1) is 11.3 Å². The van der Waals surface area contributed by atoms with Crippen LogP contribution in [0.3, 0.4) is 0 Å². The molecule has 3 heteroatoms. The lowest BCUT2D eigenvalue weighted by atomic mass is 9.96. The topological polar surface area (TPSA) is 35.2 Å². The molecule has 2 N–H and O–H groups in total. The molecular formula is C8H16ClNO. The first kappa shape index (κ1) is 9.30. The minimum Gasteiger partial charge on any atom is -0.381 e. The Morgan fingerprint density at radius 3 is 2.82 bits per heavy atom. The highest BCUT2D eigenvalue weighted by Crippen LogP contribution is 2.56. The van der Waals surface area contributed by atoms with E-state index in [-0.39, 0.29) is 12.4 Å². The van der Waals surface area contributed by atoms with Gasteiger partial charge >= 0.3 is 0 Å². The molecular weight excluding hydrogens is 162 g/mol. The zero-order valence-electron chi connectivity index (χ0n) is 6.71. The van der Waals surface area contributed by atoms with Crippen molar-refractivity contribution in [1.29, 1.82) is 0 Å². The van der Waals surface area contributed by atoms with Gasteiger partial charge in [0.2, 0.25) is 0 Å². The fourth-order valence-electron chi connectivity index (χ4n) is 2.12. The van der Waals surface area contributed by atoms with Crippen molar-refractivity contribution in [3.8, 4) is 0 Å². The van der Waals surface area contributed by atoms with E-state index in [0.717, 1.165) is 25.7 Å². The first-order chi connectivity index (χ1) is 4.87. The van der Waals surface area contributed by atoms with Crippen molar-refractivity contribution in [1.82, 2.24) is 0 Å². The highest BCUT2D eigenvalue weighted by Gasteiger charge is 2.53. The Balaban J connectivity index is 0.000000605. The van der Waals surface area contributed by atoms with E-state index < -0.39 is 0 Å². The summed E-state index contributed by atoms with van der Waals surface area (Å²) in [6.45, 7) is 2.82. The number of rotatable bonds is 1. The summed E-state index contributed by atoms with van der Waals surface area (Å²) in [5, 5.41) is 0. The fraction of sp³-hybridized carbons (Fsp3) is 1.00. The first-order valence-electron chi connectivity index (χ1n) is 4.15. The molecule has 2 aliphatic rings. The molecule has 1 aliphatic carbocycles. The van der Waals surface area contributed by atoms with Gasteiger partial charge in [-0.05, 0) is 37.1 Å². The number of nitrogens with two attached hydrogens (primary N) is 1. The molecule has 1 saturated carbocycles. The maximum Gasteiger partial charge on any atom is 0.0525 e. The van der Waals surface area contributed by atoms with Gasteiger partial charge in [-0.2, -0.15) is 0 Å². The van der Waals surface area contributed by atoms with E-state index in [9.17, 15) is 0 Å². The van der Waals surface area contributed by atoms with Crippen molar-refractivity contribution in [3.63, 3.8) is 0 Å². The molecule has 0 amide bonds. The molecule has 0 aromatic heterocycles. The minimum absolute atomic E-state index is 0. The Hall–Kier alpha value is 0.210. The maximum atomic E-state index is 5.58. The van der Waals surface area contributed by atoms with Crippen LogP contribution < -0.4 is 5.73 Å². The number of hydrogen-bond acceptors (Lipinski definition) is 2. The van der Waals surface area contributed by atoms with Gasteiger partial charge in [-0.25, -0.2) is 0 Å². The molecule has 0 aromatic rings. The second-order valence-electron chi connectivity index (χ2n) is 3.66. The molecule has 0 aromatic carbocycles. The zero-order valence-corrected chi connectivity index (χ0v) is 7.53. The van der Waals surface area contributed by atoms with E-state index in [1.807, 2.05) is 0 Å². The third-order valence-electron chi connectivity index (χ3n) is 3.00. The normalized spacial score (nSPS) is 41.7. The summed E-state index contributed by atoms with van der Waals surface area (Å²) < 4.78 is 5.42. The lowest BCUT2D eigenvalue weighted by molar-refractivity contribution is 0.0368. The lowest BCUT2D eigenvalue weighted by Crippen LogP contribution is -2.22. The smallest absolute Gasteiger partial charge is 0.0525 e. The summed E-state index contributed by atoms with van der Waals surface area (Å²) >= 11 is 0. The van der Waals surface area contributed by atoms with Crippen LogP contribution in [0.5, 0.6) is 0 Å². The van der Waals surface area contributed by atoms with Crippen LogP contribution in [-0.4, -0.2) is 19.8 Å². The lowest BCUT2D eigenvalue weighted by Gasteiger charge is -2.22. The standard InChI is InChI=1S/C8H15NO.ClH/c9-5-7-4-8(7)2-1-3-10-6-8;/h7H,1-6,9H2;1H. The fourth-order valence-corrected chi connectivity index (χ4v) is 2.12. The predicted octanol–water partition coefficient (Wildman–Crippen LogP) is 1.18. The quantitative estimate of drug-likeness (QED) is 0.653. The molecule has 11 heavy (non-hydrogen) atoms. The SMILES string of the molecule is Cl.NCC1CC12CCCOC2. The van der Waals surface area contributed by atoms with Gasteiger partial charge < -0.3 is 10.5 Å². The van der Waals surface area contributed by atoms with Gasteiger partial charge in [-0.3, -0.25) is 0 Å². The molecule has 2 nitrogen and oxygen atoms in total. The van der Waals surface area contributed by atoms with Crippen LogP contribution in [-0.2, 0) is 4.74 Å². The summed E-state index contributed by atoms with van der Waals surface area (Å²) in [6.07, 6.45) is 3.93. The number of halogens is 1. The molecule has 1 saturated heterocycles. The molecule has 1 aliphatic heterocycles. The second kappa shape index (κ2) is 3.30. The van der Waals surface area contributed by atoms with E-state index >= 15 is 0 Å². The third-order valence-corrected chi connectivity index (χ3v) is 3.00. The van der Waals surface area contributed by atoms with Crippen LogP contribution >= 0.6 is 12.4 Å². The van der Waals surface area contributed by atoms with Crippen molar-refractivity contribution in [2.24, 2.45) is 17.1 Å². The monoisotopic (exact) mass is 177 g/mol. The molecule has 0 radical (unpaired) electrons. The van der Waals surface area contributed by atoms with Crippen molar-refractivity contribution in [2.75, 3.05) is 19.8 Å². The van der Waals surface area contributed by atoms with E-state index in [1.54, 1.807) is 0 Å². The average molecular weight is 178 g/mol. The van der Waals surface area contributed by atoms with Crippen LogP contribution in [0.25, 0.3) is 0 Å². The number of ether oxygens (including phenoxy) is 1. The summed E-state index contributed by atoms with van der Waals surface area (Å²) in [4.78, 5) is 0. The Bertz CT molecular complexity index is 134. The van der Waals surface area contributed by atoms with Gasteiger partial charge in [-0.1, -0.05) is 0 Å². The molecule has 2 rings (SSSR count). The first-order valence-corrected chi connectivity index (χ1v) is 4.15. The molecule has 2 unspecified atom stereocenters. The second-order valence-corrected chi connectivity index (χ2v) is 3.66. The Labute approximate surface area is 73.9 Å². The van der Waals surface area contributed by atoms with Gasteiger partial charge in [0.1, 0.15) is 0 Å². The Morgan fingerprint density at radius 2 is 2.36 bits per heavy atom. The summed E-state index contributed by atoms with van der Waals surface area (Å²) in [6, 6.07) is 0. The van der Waals surface area contributed by atoms with Gasteiger partial charge in [0.15, 0.2) is 0 Å². The molecule has 1 heterocycles. The molecule has 66 valence electrons. The maximum absolute atomic E-state index is 5.58. The molecule has 0 bridgehead atoms. The van der Waals surface area contributed by atoms with Crippen molar-refractivity contribution in [3.05, 3.63) is 0 Å². The number of hydrogen-bond donors (Lipinski definition) is 1. The van der Waals surface area contributed by atoms with Gasteiger partial charge in [0, 0.05) is 6.61 Å². The zero-order chi connectivity index (χ0) is 7.03. The highest BCUT2D eigenvalue weighted by atomic mass is 35.5. The van der Waals surface area contributed by atoms with Crippen LogP contribution in [0.2, 0.25) is 0 Å². The van der Waals surface area contributed by atoms with Gasteiger partial charge in [-0.15, -0.1) is 12.4 Å². The molecule has 2 fully saturated rings. The van der Waals surface area contributed by atoms with Gasteiger partial charge in [0.05, 0.1) is 6.61 Å². The molecule has 2 atom stereocenters. The summed E-state index contributed by atoms with van der Waals surface area (Å²) in [5.41, 5.74) is 6.13. The summed E-state index contributed by atoms with van der Waals surface area (Å²) in [7, 11) is 0. The van der Waals surface area contributed by atoms with Crippen molar-refractivity contribution in [2.45, 2.75) is 19.3 Å². The molecule has 1 spiro atoms. The van der Waals surface area contributed by atoms with Gasteiger partial charge in [0.25, 0.3) is 0 Å². The summed E-state index contributed by atoms with van der Waals surface area (Å²) in [5.74, 6) is 0.785. The van der Waals surface area contributed by atoms with E-state index in [0.29, 0.717) is 5.41 Å². The van der Waals surface area contributed by atoms with E-state index in [4.69, 9.17) is 10.5 Å². The largest absolute Gasteiger partial charge is 0.381 e. The van der Waals surface area contributed by atoms with Crippen molar-refractivity contribution < 1.29 is 4.74 Å². The van der Waals surface area contributed by atoms with E-state index in [2.05, 4.69) is 0 Å². The van der Waals surface area contributed by atoms with E-state index in [1.165, 1.54) is 19.3 Å². The minimum atomic E-state index is 0. The average Bonchev–Trinajstić information content (AvgIpc) is 2.65. The Kier molecular flexibility index (Phi) is 2.79. The van der Waals surface area contributed by atoms with Crippen LogP contribution in [0.15, 0.2) is 0 Å². The Morgan fingerprint density at radius 1 is 1.55 bits per heavy atom. The van der Waals surface area contributed by atoms with Crippen LogP contribution in [0.1, 0.15) is 19.3 Å². The van der Waals surface area contributed by atoms with Crippen LogP contribution in [0.4, 0.5) is 0 Å². The highest BCUT2D eigenvalue weighted by molar-refractivity contribution is 5.85. The predicted molar refractivity (Wildman–Crippen MR) is 46.9 cm³/mol. The van der Waals surface area contributed by atoms with Crippen molar-refractivity contribution >= 4 is 12.4 Å².